The average Bonchev–Trinajstić information content (AvgIpc) is 3.53. The van der Waals surface area contributed by atoms with Crippen LogP contribution < -0.4 is 4.74 Å². The number of ketones is 3. The van der Waals surface area contributed by atoms with Gasteiger partial charge in [-0.3, -0.25) is 24.0 Å². The largest absolute Gasteiger partial charge is 0.497 e. The molecule has 2 bridgehead atoms. The van der Waals surface area contributed by atoms with Crippen LogP contribution in [0, 0.1) is 40.9 Å². The maximum Gasteiger partial charge on any atom is 0.329 e. The molecule has 0 unspecified atom stereocenters. The number of aliphatic hydroxyl groups excluding tert-OH is 1. The second-order valence-electron chi connectivity index (χ2n) is 24.3. The molecule has 456 valence electrons. The Balaban J connectivity index is 1.23. The van der Waals surface area contributed by atoms with Gasteiger partial charge in [0.05, 0.1) is 38.6 Å². The molecular weight excluding hydrogens is 1050 g/mol. The van der Waals surface area contributed by atoms with Gasteiger partial charge in [-0.15, -0.1) is 0 Å². The van der Waals surface area contributed by atoms with Gasteiger partial charge in [-0.05, 0) is 126 Å². The number of amides is 1. The van der Waals surface area contributed by atoms with Crippen LogP contribution >= 0.6 is 0 Å². The number of cyclic esters (lactones) is 1. The molecule has 1 aromatic rings. The molecule has 0 spiro atoms. The number of carbonyl (C=O) groups excluding carboxylic acids is 6. The van der Waals surface area contributed by atoms with E-state index >= 15 is 0 Å². The molecule has 4 aliphatic heterocycles. The van der Waals surface area contributed by atoms with Crippen molar-refractivity contribution in [2.75, 3.05) is 48.2 Å². The highest BCUT2D eigenvalue weighted by molar-refractivity contribution is 6.39. The van der Waals surface area contributed by atoms with Gasteiger partial charge >= 0.3 is 11.9 Å². The van der Waals surface area contributed by atoms with Gasteiger partial charge in [0.1, 0.15) is 47.4 Å². The van der Waals surface area contributed by atoms with Gasteiger partial charge in [-0.1, -0.05) is 83.2 Å². The van der Waals surface area contributed by atoms with Crippen molar-refractivity contribution < 1.29 is 81.6 Å². The van der Waals surface area contributed by atoms with Gasteiger partial charge in [0, 0.05) is 64.0 Å². The summed E-state index contributed by atoms with van der Waals surface area (Å²) in [5, 5.41) is 23.7. The van der Waals surface area contributed by atoms with Gasteiger partial charge in [0.2, 0.25) is 5.79 Å². The third-order valence-electron chi connectivity index (χ3n) is 17.7. The van der Waals surface area contributed by atoms with E-state index < -0.39 is 114 Å². The minimum atomic E-state index is -2.47. The van der Waals surface area contributed by atoms with Crippen molar-refractivity contribution in [3.63, 3.8) is 0 Å². The van der Waals surface area contributed by atoms with Gasteiger partial charge in [0.15, 0.2) is 12.1 Å². The van der Waals surface area contributed by atoms with Crippen molar-refractivity contribution in [2.24, 2.45) is 40.9 Å². The Bertz CT molecular complexity index is 2460. The van der Waals surface area contributed by atoms with Gasteiger partial charge in [0.25, 0.3) is 11.7 Å². The van der Waals surface area contributed by atoms with Crippen molar-refractivity contribution in [1.82, 2.24) is 4.90 Å². The first kappa shape index (κ1) is 66.2. The van der Waals surface area contributed by atoms with E-state index in [1.54, 1.807) is 55.1 Å². The summed E-state index contributed by atoms with van der Waals surface area (Å²) in [5.74, 6) is -8.27. The first-order chi connectivity index (χ1) is 39.0. The lowest BCUT2D eigenvalue weighted by molar-refractivity contribution is -0.265. The number of nitrogens with zero attached hydrogens (tertiary/aromatic N) is 1. The summed E-state index contributed by atoms with van der Waals surface area (Å²) in [4.78, 5) is 86.9. The Hall–Kier alpha value is -4.92. The lowest BCUT2D eigenvalue weighted by atomic mass is 9.78. The number of allylic oxidation sites excluding steroid dienone is 6. The van der Waals surface area contributed by atoms with Crippen LogP contribution in [-0.4, -0.2) is 153 Å². The molecule has 18 nitrogen and oxygen atoms in total. The topological polar surface area (TPSA) is 229 Å². The first-order valence-electron chi connectivity index (χ1n) is 29.5. The SMILES string of the molecule is COc1ccc(C2OCC(C)(C(=O)O[C@@H]3CC[C@@H](C[C@@H](C)[C@@H]4CC(=O)[C@H](C)/C=C(\C)[C@@H](O)[C@@H](OC)C(=O)[C@H](C)C[C@H](C)/C=C/C=C/C=C(\C)[C@@H](OC)C[C@@H]5CC[C@@H](C)[C@@](O)(O5)C(=O)C(=O)N5CCCC[C@H]5C(=O)O4)C[C@H]3OC)CO2)cc1. The zero-order chi connectivity index (χ0) is 60.1. The van der Waals surface area contributed by atoms with Gasteiger partial charge in [-0.25, -0.2) is 4.79 Å². The molecule has 18 heteroatoms. The summed E-state index contributed by atoms with van der Waals surface area (Å²) >= 11 is 0. The highest BCUT2D eigenvalue weighted by Gasteiger charge is 2.53. The predicted molar refractivity (Wildman–Crippen MR) is 305 cm³/mol. The van der Waals surface area contributed by atoms with E-state index in [0.717, 1.165) is 11.1 Å². The second kappa shape index (κ2) is 30.2. The fourth-order valence-electron chi connectivity index (χ4n) is 12.2. The number of carbonyl (C=O) groups is 6. The van der Waals surface area contributed by atoms with E-state index in [-0.39, 0.29) is 56.0 Å². The lowest BCUT2D eigenvalue weighted by Gasteiger charge is -2.42. The standard InChI is InChI=1S/C64H93NO17/c1-38-18-14-13-15-19-39(2)52(75-10)34-48-25-21-44(7)64(73,82-48)58(69)59(70)65-29-17-16-20-49(65)60(71)80-53(35-50(66)40(3)31-43(6)56(68)57(77-12)55(67)42(5)30-38)41(4)32-45-22-28-51(54(33-45)76-11)81-62(72)63(8)36-78-61(79-37-63)46-23-26-47(74-9)27-24-46/h13-15,18-19,23-24,26-27,31,38,40-42,44-45,48-49,51-54,56-57,61,68,73H,16-17,20-22,25,28-30,32-37H2,1-12H3/b15-13+,18-14+,39-19+,43-31+/t38-,40-,41-,42-,44-,45+,48+,49+,51-,52+,53+,54-,56-,57+,61?,63?,64-/m1/s1. The summed E-state index contributed by atoms with van der Waals surface area (Å²) in [7, 11) is 6.10. The van der Waals surface area contributed by atoms with Crippen molar-refractivity contribution in [3.8, 4) is 5.75 Å². The summed E-state index contributed by atoms with van der Waals surface area (Å²) < 4.78 is 53.5. The molecular formula is C64H93NO17. The minimum Gasteiger partial charge on any atom is -0.497 e. The highest BCUT2D eigenvalue weighted by atomic mass is 16.7. The summed E-state index contributed by atoms with van der Waals surface area (Å²) in [6.45, 7) is 14.6. The second-order valence-corrected chi connectivity index (χ2v) is 24.3. The zero-order valence-corrected chi connectivity index (χ0v) is 50.5. The Morgan fingerprint density at radius 3 is 2.18 bits per heavy atom. The van der Waals surface area contributed by atoms with E-state index in [0.29, 0.717) is 75.5 Å². The van der Waals surface area contributed by atoms with Crippen LogP contribution in [0.25, 0.3) is 0 Å². The van der Waals surface area contributed by atoms with Crippen molar-refractivity contribution in [1.29, 1.82) is 0 Å². The quantitative estimate of drug-likeness (QED) is 0.127. The number of esters is 2. The molecule has 4 heterocycles. The predicted octanol–water partition coefficient (Wildman–Crippen LogP) is 8.49. The molecule has 1 amide bonds. The van der Waals surface area contributed by atoms with E-state index in [2.05, 4.69) is 0 Å². The molecule has 4 fully saturated rings. The van der Waals surface area contributed by atoms with E-state index in [1.165, 1.54) is 12.0 Å². The molecule has 6 rings (SSSR count). The number of methoxy groups -OCH3 is 4. The van der Waals surface area contributed by atoms with Crippen molar-refractivity contribution in [2.45, 2.75) is 193 Å². The Morgan fingerprint density at radius 2 is 1.52 bits per heavy atom. The summed E-state index contributed by atoms with van der Waals surface area (Å²) in [5.41, 5.74) is 0.952. The maximum absolute atomic E-state index is 14.7. The zero-order valence-electron chi connectivity index (χ0n) is 50.5. The third-order valence-corrected chi connectivity index (χ3v) is 17.7. The monoisotopic (exact) mass is 1150 g/mol. The summed E-state index contributed by atoms with van der Waals surface area (Å²) in [6.07, 6.45) is 9.58. The number of piperidine rings is 1. The molecule has 3 saturated heterocycles. The number of fused-ring (bicyclic) bond motifs is 3. The normalized spacial score (nSPS) is 38.2. The average molecular weight is 1150 g/mol. The number of hydrogen-bond acceptors (Lipinski definition) is 17. The highest BCUT2D eigenvalue weighted by Crippen LogP contribution is 2.40. The molecule has 82 heavy (non-hydrogen) atoms. The Kier molecular flexibility index (Phi) is 24.4. The Labute approximate surface area is 485 Å². The molecule has 1 aliphatic carbocycles. The third kappa shape index (κ3) is 16.7. The van der Waals surface area contributed by atoms with Gasteiger partial charge < -0.3 is 57.7 Å². The van der Waals surface area contributed by atoms with E-state index in [9.17, 15) is 39.0 Å². The molecule has 1 saturated carbocycles. The molecule has 0 radical (unpaired) electrons. The first-order valence-corrected chi connectivity index (χ1v) is 29.5. The lowest BCUT2D eigenvalue weighted by Crippen LogP contribution is -2.61. The van der Waals surface area contributed by atoms with Crippen molar-refractivity contribution >= 4 is 35.2 Å². The van der Waals surface area contributed by atoms with Crippen LogP contribution in [0.4, 0.5) is 0 Å². The van der Waals surface area contributed by atoms with Crippen LogP contribution in [-0.2, 0) is 66.7 Å². The van der Waals surface area contributed by atoms with Crippen LogP contribution in [0.5, 0.6) is 5.75 Å². The molecule has 5 aliphatic rings. The summed E-state index contributed by atoms with van der Waals surface area (Å²) in [6, 6.07) is 6.13. The number of benzene rings is 1. The maximum atomic E-state index is 14.7. The van der Waals surface area contributed by atoms with Gasteiger partial charge in [-0.2, -0.15) is 0 Å². The van der Waals surface area contributed by atoms with Crippen LogP contribution in [0.3, 0.4) is 0 Å². The molecule has 1 aromatic carbocycles. The fourth-order valence-corrected chi connectivity index (χ4v) is 12.2. The Morgan fingerprint density at radius 1 is 0.817 bits per heavy atom. The number of hydrogen-bond donors (Lipinski definition) is 2. The van der Waals surface area contributed by atoms with E-state index in [4.69, 9.17) is 42.6 Å². The minimum absolute atomic E-state index is 0.00559. The number of Topliss-reactive ketones (excluding diaryl/α,β-unsaturated/α-hetero) is 3. The molecule has 15 atom stereocenters. The van der Waals surface area contributed by atoms with Crippen LogP contribution in [0.1, 0.15) is 144 Å². The molecule has 0 aromatic heterocycles. The number of ether oxygens (including phenoxy) is 9. The molecule has 2 N–H and O–H groups in total. The van der Waals surface area contributed by atoms with Crippen LogP contribution in [0.15, 0.2) is 71.9 Å². The smallest absolute Gasteiger partial charge is 0.329 e. The number of aliphatic hydroxyl groups is 2. The van der Waals surface area contributed by atoms with E-state index in [1.807, 2.05) is 82.3 Å². The number of rotatable bonds is 10. The van der Waals surface area contributed by atoms with Crippen LogP contribution in [0.2, 0.25) is 0 Å². The van der Waals surface area contributed by atoms with Crippen molar-refractivity contribution in [3.05, 3.63) is 77.4 Å². The fraction of sp³-hybridized carbons (Fsp3) is 0.688.